The van der Waals surface area contributed by atoms with Crippen LogP contribution in [0.5, 0.6) is 5.75 Å². The number of terminal acetylenes is 1. The van der Waals surface area contributed by atoms with Gasteiger partial charge in [0.1, 0.15) is 5.75 Å². The highest BCUT2D eigenvalue weighted by Crippen LogP contribution is 2.18. The van der Waals surface area contributed by atoms with Crippen molar-refractivity contribution >= 4 is 11.8 Å². The van der Waals surface area contributed by atoms with Crippen LogP contribution in [-0.4, -0.2) is 25.5 Å². The van der Waals surface area contributed by atoms with Gasteiger partial charge in [0.2, 0.25) is 0 Å². The van der Waals surface area contributed by atoms with Crippen LogP contribution in [0.1, 0.15) is 22.8 Å². The minimum absolute atomic E-state index is 0.130. The lowest BCUT2D eigenvalue weighted by atomic mass is 10.1. The Kier molecular flexibility index (Phi) is 6.94. The SMILES string of the molecule is C#C/C(F)=C\C=C(/C)C(=O)COc1cc(C#N)cc(C(=O)OC)c1. The molecule has 0 bridgehead atoms. The molecule has 24 heavy (non-hydrogen) atoms. The zero-order valence-electron chi connectivity index (χ0n) is 13.1. The van der Waals surface area contributed by atoms with E-state index < -0.39 is 17.6 Å². The maximum atomic E-state index is 12.8. The summed E-state index contributed by atoms with van der Waals surface area (Å²) < 4.78 is 22.7. The van der Waals surface area contributed by atoms with Gasteiger partial charge in [0.15, 0.2) is 18.2 Å². The zero-order valence-corrected chi connectivity index (χ0v) is 13.1. The Hall–Kier alpha value is -3.38. The van der Waals surface area contributed by atoms with Crippen LogP contribution in [0.25, 0.3) is 0 Å². The Morgan fingerprint density at radius 3 is 2.62 bits per heavy atom. The number of methoxy groups -OCH3 is 1. The molecule has 0 fully saturated rings. The number of benzene rings is 1. The van der Waals surface area contributed by atoms with Crippen molar-refractivity contribution < 1.29 is 23.5 Å². The first-order valence-electron chi connectivity index (χ1n) is 6.71. The summed E-state index contributed by atoms with van der Waals surface area (Å²) >= 11 is 0. The van der Waals surface area contributed by atoms with Gasteiger partial charge in [0.05, 0.1) is 24.3 Å². The summed E-state index contributed by atoms with van der Waals surface area (Å²) in [4.78, 5) is 23.4. The molecule has 0 heterocycles. The largest absolute Gasteiger partial charge is 0.485 e. The maximum Gasteiger partial charge on any atom is 0.338 e. The number of nitrogens with zero attached hydrogens (tertiary/aromatic N) is 1. The number of ether oxygens (including phenoxy) is 2. The summed E-state index contributed by atoms with van der Waals surface area (Å²) in [6.45, 7) is 1.14. The van der Waals surface area contributed by atoms with E-state index in [0.29, 0.717) is 0 Å². The molecule has 0 unspecified atom stereocenters. The fraction of sp³-hybridized carbons (Fsp3) is 0.167. The molecule has 0 atom stereocenters. The average Bonchev–Trinajstić information content (AvgIpc) is 2.62. The van der Waals surface area contributed by atoms with Gasteiger partial charge in [-0.3, -0.25) is 4.79 Å². The number of rotatable bonds is 6. The summed E-state index contributed by atoms with van der Waals surface area (Å²) in [6.07, 6.45) is 7.09. The molecule has 0 amide bonds. The van der Waals surface area contributed by atoms with Crippen LogP contribution < -0.4 is 4.74 Å². The number of carbonyl (C=O) groups excluding carboxylic acids is 2. The van der Waals surface area contributed by atoms with Crippen LogP contribution in [0.2, 0.25) is 0 Å². The lowest BCUT2D eigenvalue weighted by molar-refractivity contribution is -0.117. The number of Topliss-reactive ketones (excluding diaryl/α,β-unsaturated/α-hetero) is 1. The van der Waals surface area contributed by atoms with Crippen molar-refractivity contribution in [1.82, 2.24) is 0 Å². The van der Waals surface area contributed by atoms with Crippen LogP contribution in [-0.2, 0) is 9.53 Å². The second-order valence-corrected chi connectivity index (χ2v) is 4.57. The molecular weight excluding hydrogens is 313 g/mol. The summed E-state index contributed by atoms with van der Waals surface area (Å²) in [5.74, 6) is 0.119. The van der Waals surface area contributed by atoms with Crippen molar-refractivity contribution in [2.45, 2.75) is 6.92 Å². The number of nitriles is 1. The number of allylic oxidation sites excluding steroid dienone is 3. The molecule has 0 aliphatic heterocycles. The third kappa shape index (κ3) is 5.43. The van der Waals surface area contributed by atoms with E-state index in [1.165, 1.54) is 38.3 Å². The van der Waals surface area contributed by atoms with Crippen molar-refractivity contribution in [3.63, 3.8) is 0 Å². The van der Waals surface area contributed by atoms with Gasteiger partial charge in [0.25, 0.3) is 0 Å². The lowest BCUT2D eigenvalue weighted by Crippen LogP contribution is -2.13. The molecule has 0 saturated heterocycles. The van der Waals surface area contributed by atoms with Gasteiger partial charge in [-0.2, -0.15) is 9.65 Å². The number of hydrogen-bond acceptors (Lipinski definition) is 5. The van der Waals surface area contributed by atoms with Gasteiger partial charge < -0.3 is 9.47 Å². The number of carbonyl (C=O) groups is 2. The average molecular weight is 327 g/mol. The normalized spacial score (nSPS) is 11.2. The van der Waals surface area contributed by atoms with E-state index in [4.69, 9.17) is 16.4 Å². The second-order valence-electron chi connectivity index (χ2n) is 4.57. The maximum absolute atomic E-state index is 12.8. The van der Waals surface area contributed by atoms with E-state index >= 15 is 0 Å². The van der Waals surface area contributed by atoms with Crippen LogP contribution in [0.4, 0.5) is 4.39 Å². The van der Waals surface area contributed by atoms with Gasteiger partial charge in [-0.05, 0) is 42.7 Å². The monoisotopic (exact) mass is 327 g/mol. The summed E-state index contributed by atoms with van der Waals surface area (Å²) in [5, 5.41) is 8.96. The molecule has 122 valence electrons. The van der Waals surface area contributed by atoms with Crippen LogP contribution in [0.15, 0.2) is 41.8 Å². The van der Waals surface area contributed by atoms with E-state index in [-0.39, 0.29) is 29.1 Å². The predicted octanol–water partition coefficient (Wildman–Crippen LogP) is 2.73. The highest BCUT2D eigenvalue weighted by molar-refractivity contribution is 5.96. The van der Waals surface area contributed by atoms with E-state index in [9.17, 15) is 14.0 Å². The van der Waals surface area contributed by atoms with Crippen LogP contribution in [0, 0.1) is 23.7 Å². The molecule has 0 N–H and O–H groups in total. The minimum Gasteiger partial charge on any atom is -0.485 e. The van der Waals surface area contributed by atoms with Crippen LogP contribution >= 0.6 is 0 Å². The first kappa shape index (κ1) is 18.7. The summed E-state index contributed by atoms with van der Waals surface area (Å²) in [5.41, 5.74) is 0.557. The van der Waals surface area contributed by atoms with Gasteiger partial charge in [-0.25, -0.2) is 4.79 Å². The van der Waals surface area contributed by atoms with Gasteiger partial charge >= 0.3 is 5.97 Å². The first-order chi connectivity index (χ1) is 11.4. The fourth-order valence-corrected chi connectivity index (χ4v) is 1.58. The molecule has 0 aliphatic rings. The molecular formula is C18H14FNO4. The van der Waals surface area contributed by atoms with Crippen molar-refractivity contribution in [3.05, 3.63) is 52.9 Å². The Balaban J connectivity index is 2.87. The Morgan fingerprint density at radius 2 is 2.04 bits per heavy atom. The standard InChI is InChI=1S/C18H14FNO4/c1-4-15(19)6-5-12(2)17(21)11-24-16-8-13(10-20)7-14(9-16)18(22)23-3/h1,5-9H,11H2,2-3H3/b12-5+,15-6+. The third-order valence-corrected chi connectivity index (χ3v) is 2.88. The number of halogens is 1. The van der Waals surface area contributed by atoms with Crippen molar-refractivity contribution in [2.24, 2.45) is 0 Å². The topological polar surface area (TPSA) is 76.4 Å². The molecule has 1 aromatic rings. The number of ketones is 1. The van der Waals surface area contributed by atoms with E-state index in [1.807, 2.05) is 6.07 Å². The van der Waals surface area contributed by atoms with E-state index in [1.54, 1.807) is 5.92 Å². The molecule has 0 spiro atoms. The van der Waals surface area contributed by atoms with Gasteiger partial charge in [0, 0.05) is 0 Å². The molecule has 0 saturated carbocycles. The fourth-order valence-electron chi connectivity index (χ4n) is 1.58. The molecule has 1 rings (SSSR count). The van der Waals surface area contributed by atoms with Crippen molar-refractivity contribution in [1.29, 1.82) is 5.26 Å². The minimum atomic E-state index is -0.799. The number of esters is 1. The molecule has 1 aromatic carbocycles. The molecule has 6 heteroatoms. The van der Waals surface area contributed by atoms with E-state index in [0.717, 1.165) is 6.08 Å². The Labute approximate surface area is 139 Å². The molecule has 0 radical (unpaired) electrons. The smallest absolute Gasteiger partial charge is 0.338 e. The molecule has 0 aliphatic carbocycles. The highest BCUT2D eigenvalue weighted by atomic mass is 19.1. The quantitative estimate of drug-likeness (QED) is 0.347. The third-order valence-electron chi connectivity index (χ3n) is 2.88. The summed E-state index contributed by atoms with van der Waals surface area (Å²) in [7, 11) is 1.21. The Morgan fingerprint density at radius 1 is 1.33 bits per heavy atom. The van der Waals surface area contributed by atoms with E-state index in [2.05, 4.69) is 4.74 Å². The van der Waals surface area contributed by atoms with Gasteiger partial charge in [-0.1, -0.05) is 6.08 Å². The molecule has 5 nitrogen and oxygen atoms in total. The summed E-state index contributed by atoms with van der Waals surface area (Å²) in [6, 6.07) is 5.97. The van der Waals surface area contributed by atoms with Crippen molar-refractivity contribution in [2.75, 3.05) is 13.7 Å². The van der Waals surface area contributed by atoms with Gasteiger partial charge in [-0.15, -0.1) is 6.42 Å². The van der Waals surface area contributed by atoms with Crippen molar-refractivity contribution in [3.8, 4) is 24.2 Å². The number of hydrogen-bond donors (Lipinski definition) is 0. The lowest BCUT2D eigenvalue weighted by Gasteiger charge is -2.08. The van der Waals surface area contributed by atoms with Crippen LogP contribution in [0.3, 0.4) is 0 Å². The highest BCUT2D eigenvalue weighted by Gasteiger charge is 2.11. The predicted molar refractivity (Wildman–Crippen MR) is 84.8 cm³/mol. The second kappa shape index (κ2) is 8.92. The zero-order chi connectivity index (χ0) is 18.1. The first-order valence-corrected chi connectivity index (χ1v) is 6.71. The molecule has 0 aromatic heterocycles. The Bertz CT molecular complexity index is 794.